The lowest BCUT2D eigenvalue weighted by atomic mass is 10.0. The van der Waals surface area contributed by atoms with Gasteiger partial charge in [-0.1, -0.05) is 64.7 Å². The van der Waals surface area contributed by atoms with Crippen molar-refractivity contribution in [3.05, 3.63) is 10.1 Å². The molecule has 0 fully saturated rings. The third-order valence-electron chi connectivity index (χ3n) is 4.37. The SMILES string of the molecule is CCCCCCCCC(CCCCCCCCC(=O)O)[N+](=O)[O-]. The van der Waals surface area contributed by atoms with Gasteiger partial charge in [-0.05, 0) is 19.3 Å². The first-order valence-electron chi connectivity index (χ1n) is 9.43. The van der Waals surface area contributed by atoms with E-state index in [9.17, 15) is 14.9 Å². The Morgan fingerprint density at radius 3 is 1.74 bits per heavy atom. The van der Waals surface area contributed by atoms with Crippen LogP contribution in [-0.4, -0.2) is 22.0 Å². The van der Waals surface area contributed by atoms with Crippen molar-refractivity contribution in [2.24, 2.45) is 0 Å². The molecule has 0 heterocycles. The highest BCUT2D eigenvalue weighted by molar-refractivity contribution is 5.66. The number of carboxylic acid groups (broad SMARTS) is 1. The minimum absolute atomic E-state index is 0.0983. The molecule has 0 saturated heterocycles. The predicted molar refractivity (Wildman–Crippen MR) is 93.3 cm³/mol. The monoisotopic (exact) mass is 329 g/mol. The summed E-state index contributed by atoms with van der Waals surface area (Å²) in [6, 6.07) is -0.367. The second-order valence-corrected chi connectivity index (χ2v) is 6.55. The smallest absolute Gasteiger partial charge is 0.303 e. The molecule has 0 aliphatic heterocycles. The van der Waals surface area contributed by atoms with Crippen molar-refractivity contribution in [1.82, 2.24) is 0 Å². The third kappa shape index (κ3) is 15.5. The number of nitrogens with zero attached hydrogens (tertiary/aromatic N) is 1. The van der Waals surface area contributed by atoms with Crippen molar-refractivity contribution in [2.45, 2.75) is 109 Å². The van der Waals surface area contributed by atoms with Crippen molar-refractivity contribution in [3.8, 4) is 0 Å². The van der Waals surface area contributed by atoms with E-state index in [1.807, 2.05) is 0 Å². The fraction of sp³-hybridized carbons (Fsp3) is 0.944. The van der Waals surface area contributed by atoms with Crippen LogP contribution in [0.3, 0.4) is 0 Å². The minimum atomic E-state index is -0.728. The van der Waals surface area contributed by atoms with Crippen LogP contribution in [-0.2, 0) is 4.79 Å². The summed E-state index contributed by atoms with van der Waals surface area (Å²) < 4.78 is 0. The van der Waals surface area contributed by atoms with Crippen molar-refractivity contribution < 1.29 is 14.8 Å². The Morgan fingerprint density at radius 2 is 1.30 bits per heavy atom. The largest absolute Gasteiger partial charge is 0.481 e. The van der Waals surface area contributed by atoms with Gasteiger partial charge in [-0.15, -0.1) is 0 Å². The van der Waals surface area contributed by atoms with E-state index in [0.29, 0.717) is 6.42 Å². The van der Waals surface area contributed by atoms with E-state index in [1.54, 1.807) is 0 Å². The highest BCUT2D eigenvalue weighted by Gasteiger charge is 2.18. The molecule has 5 nitrogen and oxygen atoms in total. The number of carboxylic acids is 1. The second-order valence-electron chi connectivity index (χ2n) is 6.55. The molecule has 0 rings (SSSR count). The number of unbranched alkanes of at least 4 members (excludes halogenated alkanes) is 10. The zero-order chi connectivity index (χ0) is 17.3. The van der Waals surface area contributed by atoms with Gasteiger partial charge in [-0.3, -0.25) is 14.9 Å². The second kappa shape index (κ2) is 15.8. The molecule has 0 aromatic carbocycles. The normalized spacial score (nSPS) is 12.2. The summed E-state index contributed by atoms with van der Waals surface area (Å²) in [6.07, 6.45) is 14.4. The van der Waals surface area contributed by atoms with Crippen LogP contribution in [0.2, 0.25) is 0 Å². The number of carbonyl (C=O) groups is 1. The highest BCUT2D eigenvalue weighted by Crippen LogP contribution is 2.16. The van der Waals surface area contributed by atoms with Gasteiger partial charge < -0.3 is 5.11 Å². The highest BCUT2D eigenvalue weighted by atomic mass is 16.6. The molecule has 1 N–H and O–H groups in total. The van der Waals surface area contributed by atoms with Gasteiger partial charge in [0.15, 0.2) is 0 Å². The van der Waals surface area contributed by atoms with E-state index >= 15 is 0 Å². The lowest BCUT2D eigenvalue weighted by Gasteiger charge is -2.09. The molecule has 5 heteroatoms. The molecule has 0 aromatic heterocycles. The topological polar surface area (TPSA) is 80.4 Å². The Kier molecular flexibility index (Phi) is 15.0. The molecule has 0 aliphatic carbocycles. The number of hydrogen-bond acceptors (Lipinski definition) is 3. The van der Waals surface area contributed by atoms with Gasteiger partial charge in [0.05, 0.1) is 0 Å². The van der Waals surface area contributed by atoms with Gasteiger partial charge in [0.2, 0.25) is 6.04 Å². The first-order chi connectivity index (χ1) is 11.1. The van der Waals surface area contributed by atoms with Gasteiger partial charge in [0.25, 0.3) is 0 Å². The van der Waals surface area contributed by atoms with Gasteiger partial charge >= 0.3 is 5.97 Å². The summed E-state index contributed by atoms with van der Waals surface area (Å²) in [7, 11) is 0. The molecule has 0 saturated carbocycles. The molecular weight excluding hydrogens is 294 g/mol. The van der Waals surface area contributed by atoms with E-state index in [2.05, 4.69) is 6.92 Å². The maximum absolute atomic E-state index is 11.1. The Hall–Kier alpha value is -1.13. The first-order valence-corrected chi connectivity index (χ1v) is 9.43. The lowest BCUT2D eigenvalue weighted by Crippen LogP contribution is -2.19. The molecule has 0 aromatic rings. The number of rotatable bonds is 17. The Balaban J connectivity index is 3.53. The van der Waals surface area contributed by atoms with Crippen molar-refractivity contribution in [2.75, 3.05) is 0 Å². The summed E-state index contributed by atoms with van der Waals surface area (Å²) in [4.78, 5) is 21.4. The van der Waals surface area contributed by atoms with Crippen molar-refractivity contribution in [1.29, 1.82) is 0 Å². The summed E-state index contributed by atoms with van der Waals surface area (Å²) in [5, 5.41) is 19.6. The van der Waals surface area contributed by atoms with Crippen LogP contribution in [0, 0.1) is 10.1 Å². The van der Waals surface area contributed by atoms with Crippen LogP contribution in [0.1, 0.15) is 103 Å². The van der Waals surface area contributed by atoms with Gasteiger partial charge in [-0.2, -0.15) is 0 Å². The fourth-order valence-corrected chi connectivity index (χ4v) is 2.88. The molecule has 0 radical (unpaired) electrons. The van der Waals surface area contributed by atoms with E-state index in [0.717, 1.165) is 57.8 Å². The first kappa shape index (κ1) is 21.9. The molecular formula is C18H35NO4. The Morgan fingerprint density at radius 1 is 0.870 bits per heavy atom. The fourth-order valence-electron chi connectivity index (χ4n) is 2.88. The quantitative estimate of drug-likeness (QED) is 0.214. The predicted octanol–water partition coefficient (Wildman–Crippen LogP) is 5.59. The average Bonchev–Trinajstić information content (AvgIpc) is 2.50. The molecule has 136 valence electrons. The van der Waals surface area contributed by atoms with Crippen LogP contribution in [0.15, 0.2) is 0 Å². The molecule has 1 unspecified atom stereocenters. The Labute approximate surface area is 141 Å². The van der Waals surface area contributed by atoms with E-state index in [-0.39, 0.29) is 17.4 Å². The van der Waals surface area contributed by atoms with Gasteiger partial charge in [0.1, 0.15) is 0 Å². The number of hydrogen-bond donors (Lipinski definition) is 1. The van der Waals surface area contributed by atoms with Crippen LogP contribution in [0.4, 0.5) is 0 Å². The molecule has 23 heavy (non-hydrogen) atoms. The number of nitro groups is 1. The van der Waals surface area contributed by atoms with Crippen LogP contribution < -0.4 is 0 Å². The zero-order valence-electron chi connectivity index (χ0n) is 14.8. The maximum Gasteiger partial charge on any atom is 0.303 e. The van der Waals surface area contributed by atoms with Crippen molar-refractivity contribution >= 4 is 5.97 Å². The maximum atomic E-state index is 11.1. The Bertz CT molecular complexity index is 307. The van der Waals surface area contributed by atoms with Crippen LogP contribution >= 0.6 is 0 Å². The van der Waals surface area contributed by atoms with Crippen LogP contribution in [0.5, 0.6) is 0 Å². The summed E-state index contributed by atoms with van der Waals surface area (Å²) in [5.74, 6) is -0.728. The minimum Gasteiger partial charge on any atom is -0.481 e. The van der Waals surface area contributed by atoms with E-state index in [4.69, 9.17) is 5.11 Å². The molecule has 0 bridgehead atoms. The molecule has 1 atom stereocenters. The molecule has 0 amide bonds. The average molecular weight is 329 g/mol. The molecule has 0 aliphatic rings. The standard InChI is InChI=1S/C18H35NO4/c1-2-3-4-5-8-11-14-17(19(22)23)15-12-9-6-7-10-13-16-18(20)21/h17H,2-16H2,1H3,(H,20,21). The summed E-state index contributed by atoms with van der Waals surface area (Å²) in [6.45, 7) is 2.19. The third-order valence-corrected chi connectivity index (χ3v) is 4.37. The van der Waals surface area contributed by atoms with E-state index < -0.39 is 5.97 Å². The summed E-state index contributed by atoms with van der Waals surface area (Å²) in [5.41, 5.74) is 0. The van der Waals surface area contributed by atoms with Gasteiger partial charge in [-0.25, -0.2) is 0 Å². The molecule has 0 spiro atoms. The van der Waals surface area contributed by atoms with E-state index in [1.165, 1.54) is 25.7 Å². The van der Waals surface area contributed by atoms with Crippen LogP contribution in [0.25, 0.3) is 0 Å². The summed E-state index contributed by atoms with van der Waals surface area (Å²) >= 11 is 0. The van der Waals surface area contributed by atoms with Crippen molar-refractivity contribution in [3.63, 3.8) is 0 Å². The number of aliphatic carboxylic acids is 1. The zero-order valence-corrected chi connectivity index (χ0v) is 14.8. The lowest BCUT2D eigenvalue weighted by molar-refractivity contribution is -0.524. The van der Waals surface area contributed by atoms with Gasteiger partial charge in [0, 0.05) is 24.2 Å².